The SMILES string of the molecule is C[CH][O][Hf]([CH3])([CH3])[CH]1C(CC)=Cc2c(-c3ccc(C(C)(C)C)cc3)cccc21. The quantitative estimate of drug-likeness (QED) is 0.360. The van der Waals surface area contributed by atoms with E-state index in [1.54, 1.807) is 5.57 Å². The summed E-state index contributed by atoms with van der Waals surface area (Å²) in [7, 11) is 0. The third kappa shape index (κ3) is 4.07. The van der Waals surface area contributed by atoms with Gasteiger partial charge in [-0.2, -0.15) is 0 Å². The van der Waals surface area contributed by atoms with Gasteiger partial charge in [-0.1, -0.05) is 0 Å². The van der Waals surface area contributed by atoms with E-state index in [9.17, 15) is 0 Å². The standard InChI is InChI=1S/C21H23.C2H4O.2CH3.Hf/c1-5-15-13-17-7-6-8-19(20(17)14-15)16-9-11-18(12-10-16)21(2,3)4;1-2-3;;;/h6-14H,5H2,1-4H3;2H,1H3;2*1H3;/q;-1;;;+1. The van der Waals surface area contributed by atoms with Crippen LogP contribution in [0.5, 0.6) is 0 Å². The Hall–Kier alpha value is -0.990. The Labute approximate surface area is 170 Å². The van der Waals surface area contributed by atoms with Crippen molar-refractivity contribution >= 4 is 6.08 Å². The van der Waals surface area contributed by atoms with Crippen LogP contribution >= 0.6 is 0 Å². The predicted octanol–water partition coefficient (Wildman–Crippen LogP) is 7.86. The topological polar surface area (TPSA) is 9.23 Å². The molecule has 27 heavy (non-hydrogen) atoms. The molecule has 2 aromatic rings. The molecule has 1 atom stereocenters. The van der Waals surface area contributed by atoms with Gasteiger partial charge in [0.1, 0.15) is 0 Å². The van der Waals surface area contributed by atoms with E-state index in [0.29, 0.717) is 3.67 Å². The number of fused-ring (bicyclic) bond motifs is 1. The van der Waals surface area contributed by atoms with Crippen molar-refractivity contribution in [2.75, 3.05) is 0 Å². The predicted molar refractivity (Wildman–Crippen MR) is 114 cm³/mol. The summed E-state index contributed by atoms with van der Waals surface area (Å²) in [5.41, 5.74) is 8.68. The molecule has 0 fully saturated rings. The van der Waals surface area contributed by atoms with E-state index < -0.39 is 20.4 Å². The van der Waals surface area contributed by atoms with Crippen LogP contribution in [-0.2, 0) is 28.7 Å². The summed E-state index contributed by atoms with van der Waals surface area (Å²) in [6, 6.07) is 16.0. The Balaban J connectivity index is 2.08. The molecular formula is C25H33HfO. The second kappa shape index (κ2) is 7.79. The number of hydrogen-bond donors (Lipinski definition) is 0. The zero-order chi connectivity index (χ0) is 19.8. The van der Waals surface area contributed by atoms with E-state index in [1.165, 1.54) is 27.8 Å². The fourth-order valence-corrected chi connectivity index (χ4v) is 14.9. The van der Waals surface area contributed by atoms with Crippen molar-refractivity contribution < 1.29 is 23.3 Å². The van der Waals surface area contributed by atoms with Crippen molar-refractivity contribution in [2.24, 2.45) is 0 Å². The second-order valence-electron chi connectivity index (χ2n) is 9.10. The average molecular weight is 528 g/mol. The molecule has 3 rings (SSSR count). The average Bonchev–Trinajstić information content (AvgIpc) is 3.00. The Morgan fingerprint density at radius 2 is 1.70 bits per heavy atom. The Morgan fingerprint density at radius 3 is 2.26 bits per heavy atom. The van der Waals surface area contributed by atoms with Crippen molar-refractivity contribution in [3.63, 3.8) is 0 Å². The van der Waals surface area contributed by atoms with E-state index in [4.69, 9.17) is 2.85 Å². The molecule has 0 spiro atoms. The van der Waals surface area contributed by atoms with Gasteiger partial charge in [-0.3, -0.25) is 0 Å². The van der Waals surface area contributed by atoms with Crippen molar-refractivity contribution in [1.82, 2.24) is 0 Å². The monoisotopic (exact) mass is 529 g/mol. The van der Waals surface area contributed by atoms with Gasteiger partial charge in [0.25, 0.3) is 0 Å². The Bertz CT molecular complexity index is 838. The summed E-state index contributed by atoms with van der Waals surface area (Å²) in [5, 5.41) is 0. The molecule has 0 N–H and O–H groups in total. The first-order valence-corrected chi connectivity index (χ1v) is 20.8. The van der Waals surface area contributed by atoms with E-state index in [-0.39, 0.29) is 5.41 Å². The van der Waals surface area contributed by atoms with Gasteiger partial charge in [0.15, 0.2) is 0 Å². The molecule has 1 unspecified atom stereocenters. The third-order valence-electron chi connectivity index (χ3n) is 5.74. The van der Waals surface area contributed by atoms with E-state index in [1.807, 2.05) is 13.5 Å². The molecule has 1 aliphatic rings. The molecule has 1 aliphatic carbocycles. The molecule has 0 aliphatic heterocycles. The van der Waals surface area contributed by atoms with Crippen LogP contribution in [-0.4, -0.2) is 0 Å². The van der Waals surface area contributed by atoms with Crippen molar-refractivity contribution in [1.29, 1.82) is 0 Å². The molecule has 0 amide bonds. The minimum atomic E-state index is -2.87. The third-order valence-corrected chi connectivity index (χ3v) is 16.2. The summed E-state index contributed by atoms with van der Waals surface area (Å²) >= 11 is -2.87. The van der Waals surface area contributed by atoms with Crippen molar-refractivity contribution in [3.8, 4) is 11.1 Å². The van der Waals surface area contributed by atoms with Crippen molar-refractivity contribution in [2.45, 2.75) is 59.5 Å². The minimum absolute atomic E-state index is 0.185. The summed E-state index contributed by atoms with van der Waals surface area (Å²) in [5.74, 6) is 0. The summed E-state index contributed by atoms with van der Waals surface area (Å²) in [6.07, 6.45) is 3.55. The molecule has 1 radical (unpaired) electrons. The molecule has 0 saturated carbocycles. The van der Waals surface area contributed by atoms with Crippen LogP contribution in [0.15, 0.2) is 48.0 Å². The molecule has 0 heterocycles. The van der Waals surface area contributed by atoms with E-state index in [0.717, 1.165) is 6.42 Å². The van der Waals surface area contributed by atoms with Gasteiger partial charge in [-0.05, 0) is 0 Å². The first-order chi connectivity index (χ1) is 12.7. The van der Waals surface area contributed by atoms with Crippen LogP contribution in [0.25, 0.3) is 17.2 Å². The van der Waals surface area contributed by atoms with Crippen molar-refractivity contribution in [3.05, 3.63) is 71.3 Å². The fourth-order valence-electron chi connectivity index (χ4n) is 4.36. The molecule has 2 heteroatoms. The Kier molecular flexibility index (Phi) is 5.99. The number of rotatable bonds is 5. The van der Waals surface area contributed by atoms with Crippen LogP contribution < -0.4 is 0 Å². The summed E-state index contributed by atoms with van der Waals surface area (Å²) in [4.78, 5) is 0. The molecule has 1 nitrogen and oxygen atoms in total. The normalized spacial score (nSPS) is 17.0. The van der Waals surface area contributed by atoms with Gasteiger partial charge in [0.2, 0.25) is 0 Å². The molecule has 143 valence electrons. The van der Waals surface area contributed by atoms with Gasteiger partial charge < -0.3 is 0 Å². The summed E-state index contributed by atoms with van der Waals surface area (Å²) in [6.45, 7) is 13.0. The van der Waals surface area contributed by atoms with Crippen LogP contribution in [0.3, 0.4) is 0 Å². The van der Waals surface area contributed by atoms with Gasteiger partial charge in [0, 0.05) is 0 Å². The number of benzene rings is 2. The maximum atomic E-state index is 6.26. The van der Waals surface area contributed by atoms with E-state index >= 15 is 0 Å². The van der Waals surface area contributed by atoms with E-state index in [2.05, 4.69) is 85.6 Å². The first kappa shape index (κ1) is 20.7. The Morgan fingerprint density at radius 1 is 1.04 bits per heavy atom. The second-order valence-corrected chi connectivity index (χ2v) is 23.5. The van der Waals surface area contributed by atoms with Gasteiger partial charge >= 0.3 is 171 Å². The fraction of sp³-hybridized carbons (Fsp3) is 0.400. The molecule has 2 aromatic carbocycles. The molecule has 0 bridgehead atoms. The van der Waals surface area contributed by atoms with Crippen LogP contribution in [0.2, 0.25) is 9.36 Å². The molecule has 0 saturated heterocycles. The zero-order valence-corrected chi connectivity index (χ0v) is 21.5. The molecule has 0 aromatic heterocycles. The van der Waals surface area contributed by atoms with Crippen LogP contribution in [0.1, 0.15) is 61.4 Å². The molecular weight excluding hydrogens is 495 g/mol. The van der Waals surface area contributed by atoms with Gasteiger partial charge in [0.05, 0.1) is 0 Å². The number of allylic oxidation sites excluding steroid dienone is 1. The van der Waals surface area contributed by atoms with Gasteiger partial charge in [-0.25, -0.2) is 0 Å². The number of hydrogen-bond acceptors (Lipinski definition) is 1. The van der Waals surface area contributed by atoms with Crippen LogP contribution in [0, 0.1) is 6.61 Å². The first-order valence-electron chi connectivity index (χ1n) is 10.1. The maximum absolute atomic E-state index is 6.26. The summed E-state index contributed by atoms with van der Waals surface area (Å²) < 4.78 is 11.6. The van der Waals surface area contributed by atoms with Gasteiger partial charge in [-0.15, -0.1) is 0 Å². The van der Waals surface area contributed by atoms with Crippen LogP contribution in [0.4, 0.5) is 0 Å². The zero-order valence-electron chi connectivity index (χ0n) is 17.9.